The van der Waals surface area contributed by atoms with E-state index in [2.05, 4.69) is 4.98 Å². The number of hydrogen-bond acceptors (Lipinski definition) is 6. The topological polar surface area (TPSA) is 90.5 Å². The second-order valence-electron chi connectivity index (χ2n) is 4.12. The lowest BCUT2D eigenvalue weighted by atomic mass is 10.4. The predicted octanol–water partition coefficient (Wildman–Crippen LogP) is 0.595. The van der Waals surface area contributed by atoms with Crippen molar-refractivity contribution in [3.63, 3.8) is 0 Å². The largest absolute Gasteiger partial charge is 0.465 e. The van der Waals surface area contributed by atoms with E-state index < -0.39 is 4.92 Å². The maximum atomic E-state index is 11.3. The van der Waals surface area contributed by atoms with Gasteiger partial charge in [0.15, 0.2) is 5.82 Å². The van der Waals surface area contributed by atoms with E-state index in [9.17, 15) is 14.9 Å². The maximum Gasteiger partial charge on any atom is 0.342 e. The Bertz CT molecular complexity index is 458. The highest BCUT2D eigenvalue weighted by atomic mass is 16.6. The molecule has 8 nitrogen and oxygen atoms in total. The third-order valence-corrected chi connectivity index (χ3v) is 2.63. The van der Waals surface area contributed by atoms with Crippen LogP contribution in [0, 0.1) is 17.0 Å². The van der Waals surface area contributed by atoms with Crippen molar-refractivity contribution in [2.24, 2.45) is 0 Å². The first-order chi connectivity index (χ1) is 8.95. The van der Waals surface area contributed by atoms with Crippen LogP contribution in [0.15, 0.2) is 6.20 Å². The Labute approximate surface area is 111 Å². The van der Waals surface area contributed by atoms with Crippen molar-refractivity contribution < 1.29 is 14.5 Å². The van der Waals surface area contributed by atoms with Crippen LogP contribution in [0.5, 0.6) is 0 Å². The Morgan fingerprint density at radius 1 is 1.63 bits per heavy atom. The molecule has 0 aliphatic rings. The van der Waals surface area contributed by atoms with E-state index in [4.69, 9.17) is 4.74 Å². The number of nitrogens with zero attached hydrogens (tertiary/aromatic N) is 4. The Morgan fingerprint density at radius 3 is 2.89 bits per heavy atom. The van der Waals surface area contributed by atoms with E-state index in [1.165, 1.54) is 10.8 Å². The average molecular weight is 270 g/mol. The number of carbonyl (C=O) groups is 1. The molecule has 0 N–H and O–H groups in total. The number of ether oxygens (including phenoxy) is 1. The van der Waals surface area contributed by atoms with Gasteiger partial charge in [-0.25, -0.2) is 9.55 Å². The van der Waals surface area contributed by atoms with Gasteiger partial charge in [-0.15, -0.1) is 0 Å². The van der Waals surface area contributed by atoms with Crippen molar-refractivity contribution in [2.45, 2.75) is 20.4 Å². The first kappa shape index (κ1) is 15.1. The fourth-order valence-electron chi connectivity index (χ4n) is 1.66. The molecule has 0 aliphatic heterocycles. The number of carbonyl (C=O) groups excluding carboxylic acids is 1. The molecule has 106 valence electrons. The maximum absolute atomic E-state index is 11.3. The van der Waals surface area contributed by atoms with Gasteiger partial charge in [-0.2, -0.15) is 0 Å². The van der Waals surface area contributed by atoms with Gasteiger partial charge in [0, 0.05) is 13.5 Å². The lowest BCUT2D eigenvalue weighted by molar-refractivity contribution is -0.392. The predicted molar refractivity (Wildman–Crippen MR) is 67.7 cm³/mol. The SMILES string of the molecule is CCOC(=O)CN(C)CCn1c([N+](=O)[O-])cnc1C. The molecule has 0 amide bonds. The molecule has 0 aromatic carbocycles. The standard InChI is InChI=1S/C11H18N4O4/c1-4-19-11(16)8-13(3)5-6-14-9(2)12-7-10(14)15(17)18/h7H,4-6,8H2,1-3H3. The Balaban J connectivity index is 2.55. The zero-order chi connectivity index (χ0) is 14.4. The lowest BCUT2D eigenvalue weighted by Gasteiger charge is -2.14. The molecule has 0 saturated heterocycles. The van der Waals surface area contributed by atoms with Crippen molar-refractivity contribution >= 4 is 11.8 Å². The number of aromatic nitrogens is 2. The van der Waals surface area contributed by atoms with Gasteiger partial charge in [-0.05, 0) is 18.9 Å². The molecule has 1 aromatic rings. The average Bonchev–Trinajstić information content (AvgIpc) is 2.68. The van der Waals surface area contributed by atoms with Crippen LogP contribution in [0.25, 0.3) is 0 Å². The van der Waals surface area contributed by atoms with Gasteiger partial charge in [-0.3, -0.25) is 9.69 Å². The molecule has 0 atom stereocenters. The Kier molecular flexibility index (Phi) is 5.43. The van der Waals surface area contributed by atoms with Crippen LogP contribution in [0.3, 0.4) is 0 Å². The molecule has 0 radical (unpaired) electrons. The first-order valence-electron chi connectivity index (χ1n) is 5.96. The van der Waals surface area contributed by atoms with Crippen LogP contribution in [0.2, 0.25) is 0 Å². The lowest BCUT2D eigenvalue weighted by Crippen LogP contribution is -2.30. The highest BCUT2D eigenvalue weighted by molar-refractivity contribution is 5.71. The van der Waals surface area contributed by atoms with Gasteiger partial charge in [0.2, 0.25) is 0 Å². The minimum absolute atomic E-state index is 0.0398. The third kappa shape index (κ3) is 4.32. The minimum atomic E-state index is -0.467. The molecular formula is C11H18N4O4. The molecule has 0 fully saturated rings. The second kappa shape index (κ2) is 6.83. The third-order valence-electron chi connectivity index (χ3n) is 2.63. The van der Waals surface area contributed by atoms with E-state index in [1.54, 1.807) is 25.8 Å². The van der Waals surface area contributed by atoms with Crippen LogP contribution in [-0.2, 0) is 16.1 Å². The highest BCUT2D eigenvalue weighted by Crippen LogP contribution is 2.13. The summed E-state index contributed by atoms with van der Waals surface area (Å²) in [5.41, 5.74) is 0. The van der Waals surface area contributed by atoms with E-state index in [0.29, 0.717) is 25.5 Å². The number of hydrogen-bond donors (Lipinski definition) is 0. The summed E-state index contributed by atoms with van der Waals surface area (Å²) in [6, 6.07) is 0. The van der Waals surface area contributed by atoms with Gasteiger partial charge < -0.3 is 14.9 Å². The van der Waals surface area contributed by atoms with Gasteiger partial charge in [0.1, 0.15) is 12.7 Å². The fourth-order valence-corrected chi connectivity index (χ4v) is 1.66. The van der Waals surface area contributed by atoms with Crippen molar-refractivity contribution in [3.8, 4) is 0 Å². The molecule has 8 heteroatoms. The second-order valence-corrected chi connectivity index (χ2v) is 4.12. The Hall–Kier alpha value is -1.96. The molecule has 0 saturated carbocycles. The van der Waals surface area contributed by atoms with Gasteiger partial charge in [-0.1, -0.05) is 0 Å². The Morgan fingerprint density at radius 2 is 2.32 bits per heavy atom. The van der Waals surface area contributed by atoms with Crippen molar-refractivity contribution in [3.05, 3.63) is 22.1 Å². The van der Waals surface area contributed by atoms with Crippen LogP contribution in [-0.4, -0.2) is 52.1 Å². The summed E-state index contributed by atoms with van der Waals surface area (Å²) in [5.74, 6) is 0.236. The molecule has 0 unspecified atom stereocenters. The fraction of sp³-hybridized carbons (Fsp3) is 0.636. The summed E-state index contributed by atoms with van der Waals surface area (Å²) >= 11 is 0. The van der Waals surface area contributed by atoms with E-state index >= 15 is 0 Å². The van der Waals surface area contributed by atoms with Crippen molar-refractivity contribution in [1.82, 2.24) is 14.5 Å². The van der Waals surface area contributed by atoms with Crippen molar-refractivity contribution in [1.29, 1.82) is 0 Å². The van der Waals surface area contributed by atoms with Crippen molar-refractivity contribution in [2.75, 3.05) is 26.7 Å². The van der Waals surface area contributed by atoms with Crippen LogP contribution in [0.1, 0.15) is 12.7 Å². The zero-order valence-electron chi connectivity index (χ0n) is 11.3. The number of rotatable bonds is 7. The number of esters is 1. The molecule has 1 aromatic heterocycles. The van der Waals surface area contributed by atoms with Gasteiger partial charge in [0.25, 0.3) is 0 Å². The van der Waals surface area contributed by atoms with E-state index in [-0.39, 0.29) is 18.3 Å². The zero-order valence-corrected chi connectivity index (χ0v) is 11.3. The summed E-state index contributed by atoms with van der Waals surface area (Å²) in [4.78, 5) is 27.3. The number of imidazole rings is 1. The van der Waals surface area contributed by atoms with Gasteiger partial charge in [0.05, 0.1) is 13.2 Å². The molecule has 0 aliphatic carbocycles. The molecule has 19 heavy (non-hydrogen) atoms. The smallest absolute Gasteiger partial charge is 0.342 e. The van der Waals surface area contributed by atoms with E-state index in [0.717, 1.165) is 0 Å². The molecule has 1 rings (SSSR count). The number of nitro groups is 1. The summed E-state index contributed by atoms with van der Waals surface area (Å²) in [5, 5.41) is 10.8. The summed E-state index contributed by atoms with van der Waals surface area (Å²) in [6.07, 6.45) is 1.24. The van der Waals surface area contributed by atoms with Crippen LogP contribution < -0.4 is 0 Å². The quantitative estimate of drug-likeness (QED) is 0.409. The summed E-state index contributed by atoms with van der Waals surface area (Å²) < 4.78 is 6.34. The molecular weight excluding hydrogens is 252 g/mol. The highest BCUT2D eigenvalue weighted by Gasteiger charge is 2.18. The molecule has 1 heterocycles. The minimum Gasteiger partial charge on any atom is -0.465 e. The monoisotopic (exact) mass is 270 g/mol. The normalized spacial score (nSPS) is 10.7. The van der Waals surface area contributed by atoms with Crippen LogP contribution in [0.4, 0.5) is 5.82 Å². The number of likely N-dealkylation sites (N-methyl/N-ethyl adjacent to an activating group) is 1. The first-order valence-corrected chi connectivity index (χ1v) is 5.96. The van der Waals surface area contributed by atoms with E-state index in [1.807, 2.05) is 0 Å². The van der Waals surface area contributed by atoms with Gasteiger partial charge >= 0.3 is 11.8 Å². The summed E-state index contributed by atoms with van der Waals surface area (Å²) in [6.45, 7) is 4.86. The van der Waals surface area contributed by atoms with Crippen LogP contribution >= 0.6 is 0 Å². The molecule has 0 spiro atoms. The summed E-state index contributed by atoms with van der Waals surface area (Å²) in [7, 11) is 1.76. The number of aryl methyl sites for hydroxylation is 1. The molecule has 0 bridgehead atoms.